The molecule has 20 heavy (non-hydrogen) atoms. The maximum atomic E-state index is 12.8. The van der Waals surface area contributed by atoms with E-state index in [1.54, 1.807) is 17.4 Å². The van der Waals surface area contributed by atoms with Gasteiger partial charge in [-0.25, -0.2) is 9.18 Å². The van der Waals surface area contributed by atoms with Crippen LogP contribution in [0.2, 0.25) is 0 Å². The van der Waals surface area contributed by atoms with Crippen molar-refractivity contribution in [1.29, 1.82) is 0 Å². The number of thiophene rings is 2. The summed E-state index contributed by atoms with van der Waals surface area (Å²) in [6.45, 7) is 0. The van der Waals surface area contributed by atoms with Crippen LogP contribution in [0.15, 0.2) is 37.9 Å². The second kappa shape index (κ2) is 5.55. The van der Waals surface area contributed by atoms with Crippen molar-refractivity contribution in [2.24, 2.45) is 0 Å². The van der Waals surface area contributed by atoms with Crippen molar-refractivity contribution < 1.29 is 13.9 Å². The fourth-order valence-electron chi connectivity index (χ4n) is 1.62. The van der Waals surface area contributed by atoms with Crippen LogP contribution >= 0.6 is 54.5 Å². The monoisotopic (exact) mass is 434 g/mol. The van der Waals surface area contributed by atoms with Crippen molar-refractivity contribution in [3.8, 4) is 5.75 Å². The number of rotatable bonds is 2. The molecule has 0 atom stereocenters. The molecule has 2 nitrogen and oxygen atoms in total. The molecule has 0 N–H and O–H groups in total. The van der Waals surface area contributed by atoms with Gasteiger partial charge >= 0.3 is 5.97 Å². The zero-order valence-corrected chi connectivity index (χ0v) is 14.5. The third kappa shape index (κ3) is 2.67. The van der Waals surface area contributed by atoms with Crippen molar-refractivity contribution in [2.45, 2.75) is 0 Å². The second-order valence-corrected chi connectivity index (χ2v) is 8.55. The van der Waals surface area contributed by atoms with Gasteiger partial charge in [0.25, 0.3) is 0 Å². The van der Waals surface area contributed by atoms with Crippen molar-refractivity contribution >= 4 is 70.6 Å². The lowest BCUT2D eigenvalue weighted by molar-refractivity contribution is 0.0740. The van der Waals surface area contributed by atoms with Crippen molar-refractivity contribution in [3.63, 3.8) is 0 Å². The van der Waals surface area contributed by atoms with E-state index in [1.165, 1.54) is 35.6 Å². The Morgan fingerprint density at radius 2 is 1.80 bits per heavy atom. The average molecular weight is 436 g/mol. The minimum absolute atomic E-state index is 0.324. The minimum atomic E-state index is -0.443. The van der Waals surface area contributed by atoms with Crippen LogP contribution in [0.4, 0.5) is 4.39 Å². The summed E-state index contributed by atoms with van der Waals surface area (Å²) in [6.07, 6.45) is 0. The highest BCUT2D eigenvalue weighted by Crippen LogP contribution is 2.43. The van der Waals surface area contributed by atoms with E-state index in [9.17, 15) is 9.18 Å². The van der Waals surface area contributed by atoms with Crippen LogP contribution in [0, 0.1) is 5.82 Å². The molecule has 0 spiro atoms. The lowest BCUT2D eigenvalue weighted by atomic mass is 10.3. The van der Waals surface area contributed by atoms with Crippen molar-refractivity contribution in [2.75, 3.05) is 0 Å². The van der Waals surface area contributed by atoms with Gasteiger partial charge in [-0.05, 0) is 62.2 Å². The smallest absolute Gasteiger partial charge is 0.353 e. The molecule has 3 aromatic rings. The summed E-state index contributed by atoms with van der Waals surface area (Å²) < 4.78 is 21.0. The number of hydrogen-bond donors (Lipinski definition) is 0. The van der Waals surface area contributed by atoms with Crippen LogP contribution in [-0.4, -0.2) is 5.97 Å². The first-order chi connectivity index (χ1) is 9.54. The maximum Gasteiger partial charge on any atom is 0.353 e. The van der Waals surface area contributed by atoms with Crippen LogP contribution in [0.1, 0.15) is 9.67 Å². The fourth-order valence-corrected chi connectivity index (χ4v) is 5.97. The summed E-state index contributed by atoms with van der Waals surface area (Å²) in [6, 6.07) is 7.14. The van der Waals surface area contributed by atoms with Gasteiger partial charge in [-0.15, -0.1) is 22.7 Å². The van der Waals surface area contributed by atoms with E-state index >= 15 is 0 Å². The molecule has 0 unspecified atom stereocenters. The summed E-state index contributed by atoms with van der Waals surface area (Å²) >= 11 is 9.84. The lowest BCUT2D eigenvalue weighted by Gasteiger charge is -2.01. The van der Waals surface area contributed by atoms with Gasteiger partial charge in [0, 0.05) is 5.39 Å². The van der Waals surface area contributed by atoms with Crippen LogP contribution in [-0.2, 0) is 0 Å². The molecular weight excluding hydrogens is 431 g/mol. The summed E-state index contributed by atoms with van der Waals surface area (Å²) in [4.78, 5) is 12.6. The Morgan fingerprint density at radius 3 is 2.45 bits per heavy atom. The van der Waals surface area contributed by atoms with Crippen LogP contribution in [0.3, 0.4) is 0 Å². The molecule has 0 amide bonds. The van der Waals surface area contributed by atoms with Gasteiger partial charge in [0.15, 0.2) is 0 Å². The molecule has 3 rings (SSSR count). The Morgan fingerprint density at radius 1 is 1.10 bits per heavy atom. The van der Waals surface area contributed by atoms with E-state index in [-0.39, 0.29) is 5.82 Å². The number of halogens is 3. The zero-order valence-electron chi connectivity index (χ0n) is 9.65. The summed E-state index contributed by atoms with van der Waals surface area (Å²) in [7, 11) is 0. The van der Waals surface area contributed by atoms with E-state index in [0.717, 1.165) is 17.7 Å². The molecule has 7 heteroatoms. The fraction of sp³-hybridized carbons (Fsp3) is 0. The number of ether oxygens (including phenoxy) is 1. The van der Waals surface area contributed by atoms with Gasteiger partial charge in [-0.3, -0.25) is 0 Å². The molecule has 0 aliphatic carbocycles. The molecule has 2 heterocycles. The third-order valence-electron chi connectivity index (χ3n) is 2.53. The topological polar surface area (TPSA) is 26.3 Å². The predicted molar refractivity (Wildman–Crippen MR) is 86.5 cm³/mol. The molecule has 0 aliphatic heterocycles. The lowest BCUT2D eigenvalue weighted by Crippen LogP contribution is -2.06. The quantitative estimate of drug-likeness (QED) is 0.373. The third-order valence-corrected chi connectivity index (χ3v) is 6.63. The number of hydrogen-bond acceptors (Lipinski definition) is 4. The molecule has 0 fully saturated rings. The van der Waals surface area contributed by atoms with E-state index in [1.807, 2.05) is 0 Å². The molecule has 0 aliphatic rings. The molecule has 0 saturated heterocycles. The molecule has 0 saturated carbocycles. The van der Waals surface area contributed by atoms with E-state index in [0.29, 0.717) is 10.6 Å². The standard InChI is InChI=1S/C13H5Br2FO2S2/c14-11-8-5-9(19-10(8)12(15)20-11)13(17)18-7-3-1-6(16)2-4-7/h1-5H. The number of esters is 1. The first-order valence-electron chi connectivity index (χ1n) is 5.39. The Balaban J connectivity index is 1.88. The summed E-state index contributed by atoms with van der Waals surface area (Å²) in [5.41, 5.74) is 0. The number of carbonyl (C=O) groups is 1. The Kier molecular flexibility index (Phi) is 3.94. The van der Waals surface area contributed by atoms with Crippen molar-refractivity contribution in [1.82, 2.24) is 0 Å². The summed E-state index contributed by atoms with van der Waals surface area (Å²) in [5.74, 6) is -0.485. The SMILES string of the molecule is O=C(Oc1ccc(F)cc1)c1cc2c(Br)sc(Br)c2s1. The van der Waals surface area contributed by atoms with Gasteiger partial charge in [-0.2, -0.15) is 0 Å². The first-order valence-corrected chi connectivity index (χ1v) is 8.61. The van der Waals surface area contributed by atoms with E-state index in [2.05, 4.69) is 31.9 Å². The number of benzene rings is 1. The van der Waals surface area contributed by atoms with Gasteiger partial charge in [-0.1, -0.05) is 0 Å². The molecule has 0 bridgehead atoms. The van der Waals surface area contributed by atoms with E-state index < -0.39 is 5.97 Å². The highest BCUT2D eigenvalue weighted by Gasteiger charge is 2.17. The van der Waals surface area contributed by atoms with Crippen LogP contribution < -0.4 is 4.74 Å². The largest absolute Gasteiger partial charge is 0.422 e. The van der Waals surface area contributed by atoms with Gasteiger partial charge < -0.3 is 4.74 Å². The number of carbonyl (C=O) groups excluding carboxylic acids is 1. The van der Waals surface area contributed by atoms with Crippen molar-refractivity contribution in [3.05, 3.63) is 48.6 Å². The molecular formula is C13H5Br2FO2S2. The minimum Gasteiger partial charge on any atom is -0.422 e. The highest BCUT2D eigenvalue weighted by atomic mass is 79.9. The highest BCUT2D eigenvalue weighted by molar-refractivity contribution is 9.12. The Labute approximate surface area is 138 Å². The average Bonchev–Trinajstić information content (AvgIpc) is 2.95. The summed E-state index contributed by atoms with van der Waals surface area (Å²) in [5, 5.41) is 0.984. The first kappa shape index (κ1) is 14.2. The Hall–Kier alpha value is -0.760. The second-order valence-electron chi connectivity index (χ2n) is 3.85. The number of fused-ring (bicyclic) bond motifs is 1. The maximum absolute atomic E-state index is 12.8. The molecule has 1 aromatic carbocycles. The predicted octanol–water partition coefficient (Wildman–Crippen LogP) is 5.85. The molecule has 2 aromatic heterocycles. The van der Waals surface area contributed by atoms with E-state index in [4.69, 9.17) is 4.74 Å². The zero-order chi connectivity index (χ0) is 14.3. The van der Waals surface area contributed by atoms with Crippen LogP contribution in [0.25, 0.3) is 10.1 Å². The normalized spacial score (nSPS) is 10.9. The van der Waals surface area contributed by atoms with Gasteiger partial charge in [0.05, 0.1) is 12.3 Å². The Bertz CT molecular complexity index is 758. The van der Waals surface area contributed by atoms with Gasteiger partial charge in [0.1, 0.15) is 16.4 Å². The molecule has 0 radical (unpaired) electrons. The molecule has 102 valence electrons. The van der Waals surface area contributed by atoms with Gasteiger partial charge in [0.2, 0.25) is 0 Å². The van der Waals surface area contributed by atoms with Crippen LogP contribution in [0.5, 0.6) is 5.75 Å².